The van der Waals surface area contributed by atoms with E-state index < -0.39 is 0 Å². The smallest absolute Gasteiger partial charge is 0.156 e. The first kappa shape index (κ1) is 15.6. The molecule has 6 atom stereocenters. The minimum absolute atomic E-state index is 0.0366. The second kappa shape index (κ2) is 5.29. The first-order valence-electron chi connectivity index (χ1n) is 9.19. The highest BCUT2D eigenvalue weighted by Crippen LogP contribution is 2.61. The Morgan fingerprint density at radius 1 is 1.30 bits per heavy atom. The van der Waals surface area contributed by atoms with Gasteiger partial charge in [0, 0.05) is 18.9 Å². The van der Waals surface area contributed by atoms with Crippen LogP contribution < -0.4 is 0 Å². The minimum atomic E-state index is -0.371. The standard InChI is InChI=1S/C20H28O3/c1-11-15-5-6-20(2)18(8-13(10-21)19(20)23)17(15)7-12-3-4-14(22)9-16(11)12/h9,12-13,17-19,21,23H,3-8,10H2,1-2H3. The summed E-state index contributed by atoms with van der Waals surface area (Å²) in [6, 6.07) is 0. The van der Waals surface area contributed by atoms with Crippen molar-refractivity contribution in [3.8, 4) is 0 Å². The normalized spacial score (nSPS) is 46.2. The van der Waals surface area contributed by atoms with E-state index in [9.17, 15) is 15.0 Å². The summed E-state index contributed by atoms with van der Waals surface area (Å²) in [6.07, 6.45) is 7.33. The van der Waals surface area contributed by atoms with Crippen LogP contribution in [0.5, 0.6) is 0 Å². The molecule has 0 saturated heterocycles. The third-order valence-corrected chi connectivity index (χ3v) is 7.58. The molecule has 6 unspecified atom stereocenters. The van der Waals surface area contributed by atoms with Gasteiger partial charge in [0.1, 0.15) is 0 Å². The van der Waals surface area contributed by atoms with Crippen molar-refractivity contribution in [2.24, 2.45) is 29.1 Å². The summed E-state index contributed by atoms with van der Waals surface area (Å²) in [4.78, 5) is 11.8. The molecule has 23 heavy (non-hydrogen) atoms. The van der Waals surface area contributed by atoms with Gasteiger partial charge >= 0.3 is 0 Å². The molecule has 0 spiro atoms. The van der Waals surface area contributed by atoms with Crippen LogP contribution in [0.2, 0.25) is 0 Å². The van der Waals surface area contributed by atoms with Gasteiger partial charge in [0.15, 0.2) is 5.78 Å². The summed E-state index contributed by atoms with van der Waals surface area (Å²) < 4.78 is 0. The van der Waals surface area contributed by atoms with E-state index in [1.165, 1.54) is 16.7 Å². The highest BCUT2D eigenvalue weighted by Gasteiger charge is 2.57. The third kappa shape index (κ3) is 2.12. The van der Waals surface area contributed by atoms with Crippen molar-refractivity contribution < 1.29 is 15.0 Å². The average molecular weight is 316 g/mol. The zero-order valence-electron chi connectivity index (χ0n) is 14.2. The third-order valence-electron chi connectivity index (χ3n) is 7.58. The fourth-order valence-corrected chi connectivity index (χ4v) is 6.20. The molecule has 0 aromatic carbocycles. The summed E-state index contributed by atoms with van der Waals surface area (Å²) in [7, 11) is 0. The number of allylic oxidation sites excluding steroid dienone is 4. The Morgan fingerprint density at radius 3 is 2.83 bits per heavy atom. The fourth-order valence-electron chi connectivity index (χ4n) is 6.20. The van der Waals surface area contributed by atoms with Crippen LogP contribution in [-0.4, -0.2) is 28.7 Å². The van der Waals surface area contributed by atoms with Crippen LogP contribution in [0.25, 0.3) is 0 Å². The van der Waals surface area contributed by atoms with Gasteiger partial charge in [0.05, 0.1) is 6.10 Å². The van der Waals surface area contributed by atoms with Crippen LogP contribution in [0.4, 0.5) is 0 Å². The molecule has 0 aromatic rings. The summed E-state index contributed by atoms with van der Waals surface area (Å²) in [5, 5.41) is 20.4. The Kier molecular flexibility index (Phi) is 3.58. The zero-order valence-corrected chi connectivity index (χ0v) is 14.2. The molecule has 0 heterocycles. The second-order valence-corrected chi connectivity index (χ2v) is 8.53. The van der Waals surface area contributed by atoms with Gasteiger partial charge in [-0.2, -0.15) is 0 Å². The summed E-state index contributed by atoms with van der Waals surface area (Å²) in [6.45, 7) is 4.54. The molecule has 2 saturated carbocycles. The van der Waals surface area contributed by atoms with Gasteiger partial charge in [-0.3, -0.25) is 4.79 Å². The average Bonchev–Trinajstić information content (AvgIpc) is 2.80. The number of carbonyl (C=O) groups is 1. The predicted octanol–water partition coefficient (Wildman–Crippen LogP) is 3.02. The molecular weight excluding hydrogens is 288 g/mol. The molecule has 4 aliphatic rings. The van der Waals surface area contributed by atoms with E-state index in [4.69, 9.17) is 0 Å². The Hall–Kier alpha value is -0.930. The lowest BCUT2D eigenvalue weighted by Crippen LogP contribution is -2.43. The number of aliphatic hydroxyl groups excluding tert-OH is 2. The molecular formula is C20H28O3. The molecule has 4 aliphatic carbocycles. The Morgan fingerprint density at radius 2 is 2.09 bits per heavy atom. The Bertz CT molecular complexity index is 602. The monoisotopic (exact) mass is 316 g/mol. The molecule has 3 heteroatoms. The van der Waals surface area contributed by atoms with Crippen molar-refractivity contribution >= 4 is 5.78 Å². The highest BCUT2D eigenvalue weighted by molar-refractivity contribution is 5.92. The largest absolute Gasteiger partial charge is 0.396 e. The van der Waals surface area contributed by atoms with E-state index in [2.05, 4.69) is 13.8 Å². The molecule has 0 bridgehead atoms. The van der Waals surface area contributed by atoms with Crippen molar-refractivity contribution in [1.82, 2.24) is 0 Å². The van der Waals surface area contributed by atoms with E-state index in [0.717, 1.165) is 32.1 Å². The SMILES string of the molecule is CC1=C2CCC3(C)C(O)C(CO)CC3C2CC2CCC(=O)C=C12. The Labute approximate surface area is 138 Å². The maximum Gasteiger partial charge on any atom is 0.156 e. The van der Waals surface area contributed by atoms with Crippen molar-refractivity contribution in [2.75, 3.05) is 6.61 Å². The Balaban J connectivity index is 1.74. The van der Waals surface area contributed by atoms with E-state index in [1.54, 1.807) is 0 Å². The fraction of sp³-hybridized carbons (Fsp3) is 0.750. The first-order valence-corrected chi connectivity index (χ1v) is 9.19. The van der Waals surface area contributed by atoms with E-state index in [-0.39, 0.29) is 29.8 Å². The number of ketones is 1. The van der Waals surface area contributed by atoms with Gasteiger partial charge in [0.2, 0.25) is 0 Å². The molecule has 126 valence electrons. The molecule has 0 aromatic heterocycles. The highest BCUT2D eigenvalue weighted by atomic mass is 16.3. The molecule has 4 rings (SSSR count). The maximum absolute atomic E-state index is 11.8. The molecule has 2 fully saturated rings. The number of aliphatic hydroxyl groups is 2. The van der Waals surface area contributed by atoms with Crippen LogP contribution in [0.1, 0.15) is 52.4 Å². The van der Waals surface area contributed by atoms with Crippen LogP contribution in [0.15, 0.2) is 22.8 Å². The number of hydrogen-bond donors (Lipinski definition) is 2. The van der Waals surface area contributed by atoms with E-state index in [1.807, 2.05) is 6.08 Å². The lowest BCUT2D eigenvalue weighted by Gasteiger charge is -2.49. The van der Waals surface area contributed by atoms with Crippen LogP contribution in [0, 0.1) is 29.1 Å². The van der Waals surface area contributed by atoms with Crippen molar-refractivity contribution in [3.05, 3.63) is 22.8 Å². The van der Waals surface area contributed by atoms with Crippen LogP contribution in [-0.2, 0) is 4.79 Å². The van der Waals surface area contributed by atoms with Gasteiger partial charge in [-0.1, -0.05) is 12.5 Å². The molecule has 3 nitrogen and oxygen atoms in total. The summed E-state index contributed by atoms with van der Waals surface area (Å²) >= 11 is 0. The van der Waals surface area contributed by atoms with Crippen molar-refractivity contribution in [2.45, 2.75) is 58.5 Å². The molecule has 2 N–H and O–H groups in total. The van der Waals surface area contributed by atoms with Crippen molar-refractivity contribution in [3.63, 3.8) is 0 Å². The predicted molar refractivity (Wildman–Crippen MR) is 88.7 cm³/mol. The summed E-state index contributed by atoms with van der Waals surface area (Å²) in [5.74, 6) is 1.86. The number of hydrogen-bond acceptors (Lipinski definition) is 3. The van der Waals surface area contributed by atoms with Crippen LogP contribution in [0.3, 0.4) is 0 Å². The number of rotatable bonds is 1. The van der Waals surface area contributed by atoms with Gasteiger partial charge < -0.3 is 10.2 Å². The first-order chi connectivity index (χ1) is 11.0. The maximum atomic E-state index is 11.8. The van der Waals surface area contributed by atoms with Crippen LogP contribution >= 0.6 is 0 Å². The van der Waals surface area contributed by atoms with Gasteiger partial charge in [-0.25, -0.2) is 0 Å². The van der Waals surface area contributed by atoms with E-state index in [0.29, 0.717) is 24.2 Å². The quantitative estimate of drug-likeness (QED) is 0.782. The van der Waals surface area contributed by atoms with Crippen molar-refractivity contribution in [1.29, 1.82) is 0 Å². The number of carbonyl (C=O) groups excluding carboxylic acids is 1. The minimum Gasteiger partial charge on any atom is -0.396 e. The zero-order chi connectivity index (χ0) is 16.4. The molecule has 0 radical (unpaired) electrons. The van der Waals surface area contributed by atoms with Gasteiger partial charge in [-0.05, 0) is 79.4 Å². The van der Waals surface area contributed by atoms with Gasteiger partial charge in [-0.15, -0.1) is 0 Å². The lowest BCUT2D eigenvalue weighted by atomic mass is 9.56. The van der Waals surface area contributed by atoms with Gasteiger partial charge in [0.25, 0.3) is 0 Å². The topological polar surface area (TPSA) is 57.5 Å². The molecule has 0 amide bonds. The second-order valence-electron chi connectivity index (χ2n) is 8.53. The summed E-state index contributed by atoms with van der Waals surface area (Å²) in [5.41, 5.74) is 4.15. The number of fused-ring (bicyclic) bond motifs is 4. The lowest BCUT2D eigenvalue weighted by molar-refractivity contribution is -0.115. The molecule has 0 aliphatic heterocycles. The van der Waals surface area contributed by atoms with E-state index >= 15 is 0 Å².